The molecule has 2 unspecified atom stereocenters. The Balaban J connectivity index is 2.07. The molecule has 2 atom stereocenters. The summed E-state index contributed by atoms with van der Waals surface area (Å²) in [4.78, 5) is 0.199. The van der Waals surface area contributed by atoms with Crippen LogP contribution in [0.5, 0.6) is 0 Å². The number of hydrogen-bond acceptors (Lipinski definition) is 5. The summed E-state index contributed by atoms with van der Waals surface area (Å²) in [5.74, 6) is -0.402. The number of aliphatic hydroxyl groups excluding tert-OH is 1. The van der Waals surface area contributed by atoms with Gasteiger partial charge in [-0.25, -0.2) is 12.8 Å². The van der Waals surface area contributed by atoms with E-state index in [4.69, 9.17) is 4.74 Å². The van der Waals surface area contributed by atoms with Gasteiger partial charge in [0, 0.05) is 13.2 Å². The molecular formula is C14H20FNO4S. The minimum absolute atomic E-state index is 0.0456. The number of benzene rings is 1. The highest BCUT2D eigenvalue weighted by molar-refractivity contribution is 7.91. The van der Waals surface area contributed by atoms with E-state index >= 15 is 0 Å². The molecule has 0 aromatic heterocycles. The summed E-state index contributed by atoms with van der Waals surface area (Å²) in [6.07, 6.45) is 0.322. The predicted octanol–water partition coefficient (Wildman–Crippen LogP) is 1.03. The Bertz CT molecular complexity index is 591. The van der Waals surface area contributed by atoms with Gasteiger partial charge in [-0.2, -0.15) is 0 Å². The second kappa shape index (κ2) is 6.83. The third-order valence-corrected chi connectivity index (χ3v) is 5.40. The topological polar surface area (TPSA) is 75.6 Å². The van der Waals surface area contributed by atoms with E-state index in [2.05, 4.69) is 5.32 Å². The zero-order chi connectivity index (χ0) is 15.5. The van der Waals surface area contributed by atoms with Crippen molar-refractivity contribution >= 4 is 9.84 Å². The van der Waals surface area contributed by atoms with Gasteiger partial charge >= 0.3 is 0 Å². The lowest BCUT2D eigenvalue weighted by molar-refractivity contribution is 0.0589. The van der Waals surface area contributed by atoms with Crippen molar-refractivity contribution < 1.29 is 22.7 Å². The zero-order valence-electron chi connectivity index (χ0n) is 11.9. The smallest absolute Gasteiger partial charge is 0.178 e. The quantitative estimate of drug-likeness (QED) is 0.767. The maximum atomic E-state index is 13.4. The first-order chi connectivity index (χ1) is 9.94. The van der Waals surface area contributed by atoms with E-state index in [1.165, 1.54) is 25.3 Å². The van der Waals surface area contributed by atoms with Crippen molar-refractivity contribution in [1.29, 1.82) is 0 Å². The Kier molecular flexibility index (Phi) is 5.32. The van der Waals surface area contributed by atoms with Gasteiger partial charge in [0.1, 0.15) is 5.82 Å². The molecule has 5 nitrogen and oxygen atoms in total. The molecule has 0 saturated heterocycles. The molecule has 21 heavy (non-hydrogen) atoms. The summed E-state index contributed by atoms with van der Waals surface area (Å²) < 4.78 is 42.2. The van der Waals surface area contributed by atoms with Crippen molar-refractivity contribution in [3.05, 3.63) is 29.6 Å². The molecule has 1 aliphatic rings. The van der Waals surface area contributed by atoms with Crippen LogP contribution in [0.3, 0.4) is 0 Å². The Morgan fingerprint density at radius 2 is 2.29 bits per heavy atom. The molecule has 0 fully saturated rings. The van der Waals surface area contributed by atoms with Crippen molar-refractivity contribution in [3.8, 4) is 0 Å². The van der Waals surface area contributed by atoms with E-state index in [1.807, 2.05) is 0 Å². The molecule has 118 valence electrons. The summed E-state index contributed by atoms with van der Waals surface area (Å²) in [7, 11) is -1.80. The fraction of sp³-hybridized carbons (Fsp3) is 0.571. The lowest BCUT2D eigenvalue weighted by Gasteiger charge is -2.26. The number of ether oxygens (including phenoxy) is 1. The monoisotopic (exact) mass is 317 g/mol. The van der Waals surface area contributed by atoms with Gasteiger partial charge in [0.25, 0.3) is 0 Å². The number of nitrogens with one attached hydrogen (secondary N) is 1. The number of fused-ring (bicyclic) bond motifs is 1. The highest BCUT2D eigenvalue weighted by Crippen LogP contribution is 2.32. The molecule has 0 spiro atoms. The van der Waals surface area contributed by atoms with Crippen LogP contribution in [0.25, 0.3) is 0 Å². The van der Waals surface area contributed by atoms with Gasteiger partial charge in [-0.1, -0.05) is 0 Å². The van der Waals surface area contributed by atoms with Crippen molar-refractivity contribution in [1.82, 2.24) is 5.32 Å². The van der Waals surface area contributed by atoms with E-state index in [0.717, 1.165) is 0 Å². The third-order valence-electron chi connectivity index (χ3n) is 3.58. The van der Waals surface area contributed by atoms with E-state index in [0.29, 0.717) is 24.9 Å². The molecule has 1 heterocycles. The maximum Gasteiger partial charge on any atom is 0.178 e. The van der Waals surface area contributed by atoms with Gasteiger partial charge in [-0.05, 0) is 43.1 Å². The number of rotatable bonds is 6. The number of methoxy groups -OCH3 is 1. The largest absolute Gasteiger partial charge is 0.391 e. The van der Waals surface area contributed by atoms with Gasteiger partial charge in [-0.3, -0.25) is 0 Å². The Hall–Kier alpha value is -1.02. The van der Waals surface area contributed by atoms with Gasteiger partial charge < -0.3 is 15.2 Å². The van der Waals surface area contributed by atoms with Crippen LogP contribution in [0.2, 0.25) is 0 Å². The van der Waals surface area contributed by atoms with Crippen LogP contribution in [0.15, 0.2) is 23.1 Å². The highest BCUT2D eigenvalue weighted by Gasteiger charge is 2.30. The van der Waals surface area contributed by atoms with Crippen LogP contribution >= 0.6 is 0 Å². The van der Waals surface area contributed by atoms with Crippen LogP contribution in [0, 0.1) is 5.82 Å². The minimum Gasteiger partial charge on any atom is -0.391 e. The predicted molar refractivity (Wildman–Crippen MR) is 76.3 cm³/mol. The zero-order valence-corrected chi connectivity index (χ0v) is 12.7. The number of sulfone groups is 1. The lowest BCUT2D eigenvalue weighted by Crippen LogP contribution is -2.32. The molecule has 0 aliphatic carbocycles. The van der Waals surface area contributed by atoms with Crippen molar-refractivity contribution in [3.63, 3.8) is 0 Å². The second-order valence-corrected chi connectivity index (χ2v) is 7.27. The number of hydrogen-bond donors (Lipinski definition) is 2. The summed E-state index contributed by atoms with van der Waals surface area (Å²) in [6, 6.07) is 3.55. The Morgan fingerprint density at radius 3 is 3.00 bits per heavy atom. The lowest BCUT2D eigenvalue weighted by atomic mass is 10.0. The second-order valence-electron chi connectivity index (χ2n) is 5.19. The van der Waals surface area contributed by atoms with E-state index < -0.39 is 21.8 Å². The fourth-order valence-corrected chi connectivity index (χ4v) is 4.13. The van der Waals surface area contributed by atoms with Crippen molar-refractivity contribution in [2.45, 2.75) is 29.9 Å². The van der Waals surface area contributed by atoms with Gasteiger partial charge in [0.15, 0.2) is 9.84 Å². The van der Waals surface area contributed by atoms with E-state index in [1.54, 1.807) is 0 Å². The van der Waals surface area contributed by atoms with Gasteiger partial charge in [0.2, 0.25) is 0 Å². The van der Waals surface area contributed by atoms with Crippen molar-refractivity contribution in [2.24, 2.45) is 0 Å². The summed E-state index contributed by atoms with van der Waals surface area (Å²) in [5, 5.41) is 12.8. The minimum atomic E-state index is -3.32. The average Bonchev–Trinajstić information content (AvgIpc) is 2.41. The Morgan fingerprint density at radius 1 is 1.52 bits per heavy atom. The van der Waals surface area contributed by atoms with Crippen LogP contribution in [0.1, 0.15) is 24.4 Å². The summed E-state index contributed by atoms with van der Waals surface area (Å²) in [5.41, 5.74) is 0.475. The maximum absolute atomic E-state index is 13.4. The molecule has 1 aromatic carbocycles. The molecule has 7 heteroatoms. The molecular weight excluding hydrogens is 297 g/mol. The molecule has 2 N–H and O–H groups in total. The molecule has 1 aromatic rings. The first-order valence-corrected chi connectivity index (χ1v) is 8.52. The molecule has 0 bridgehead atoms. The first kappa shape index (κ1) is 16.4. The average molecular weight is 317 g/mol. The molecule has 0 saturated carbocycles. The van der Waals surface area contributed by atoms with Crippen molar-refractivity contribution in [2.75, 3.05) is 26.0 Å². The third kappa shape index (κ3) is 4.00. The SMILES string of the molecule is COCC(O)CCNC1CCS(=O)(=O)c2ccc(F)cc21. The molecule has 1 aliphatic heterocycles. The summed E-state index contributed by atoms with van der Waals surface area (Å²) in [6.45, 7) is 0.761. The highest BCUT2D eigenvalue weighted by atomic mass is 32.2. The van der Waals surface area contributed by atoms with Crippen LogP contribution in [-0.4, -0.2) is 45.6 Å². The first-order valence-electron chi connectivity index (χ1n) is 6.86. The van der Waals surface area contributed by atoms with E-state index in [-0.39, 0.29) is 23.3 Å². The molecule has 0 amide bonds. The standard InChI is InChI=1S/C14H20FNO4S/c1-20-9-11(17)4-6-16-13-5-7-21(18,19)14-3-2-10(15)8-12(13)14/h2-3,8,11,13,16-17H,4-7,9H2,1H3. The van der Waals surface area contributed by atoms with Gasteiger partial charge in [0.05, 0.1) is 23.4 Å². The van der Waals surface area contributed by atoms with Crippen LogP contribution < -0.4 is 5.32 Å². The number of aliphatic hydroxyl groups is 1. The fourth-order valence-electron chi connectivity index (χ4n) is 2.53. The molecule has 2 rings (SSSR count). The Labute approximate surface area is 124 Å². The summed E-state index contributed by atoms with van der Waals surface area (Å²) >= 11 is 0. The van der Waals surface area contributed by atoms with Gasteiger partial charge in [-0.15, -0.1) is 0 Å². The number of halogens is 1. The van der Waals surface area contributed by atoms with Crippen LogP contribution in [-0.2, 0) is 14.6 Å². The normalized spacial score (nSPS) is 21.8. The van der Waals surface area contributed by atoms with Crippen LogP contribution in [0.4, 0.5) is 4.39 Å². The van der Waals surface area contributed by atoms with E-state index in [9.17, 15) is 17.9 Å². The molecule has 0 radical (unpaired) electrons.